The van der Waals surface area contributed by atoms with Crippen LogP contribution in [0.5, 0.6) is 0 Å². The third-order valence-electron chi connectivity index (χ3n) is 16.6. The van der Waals surface area contributed by atoms with Crippen molar-refractivity contribution in [1.82, 2.24) is 0 Å². The minimum Gasteiger partial charge on any atom is -0.456 e. The lowest BCUT2D eigenvalue weighted by molar-refractivity contribution is 0.591. The zero-order valence-corrected chi connectivity index (χ0v) is 45.3. The maximum Gasteiger partial charge on any atom is 0.159 e. The smallest absolute Gasteiger partial charge is 0.159 e. The van der Waals surface area contributed by atoms with E-state index in [0.717, 1.165) is 143 Å². The van der Waals surface area contributed by atoms with E-state index < -0.39 is 0 Å². The number of hydrogen-bond acceptors (Lipinski definition) is 6. The van der Waals surface area contributed by atoms with Gasteiger partial charge in [0.15, 0.2) is 11.2 Å². The van der Waals surface area contributed by atoms with E-state index in [1.165, 1.54) is 21.9 Å². The van der Waals surface area contributed by atoms with E-state index in [1.54, 1.807) is 0 Å². The number of hydrogen-bond donors (Lipinski definition) is 0. The fourth-order valence-electron chi connectivity index (χ4n) is 12.8. The van der Waals surface area contributed by atoms with Gasteiger partial charge in [0.2, 0.25) is 0 Å². The molecule has 4 heterocycles. The Kier molecular flexibility index (Phi) is 9.76. The Labute approximate surface area is 461 Å². The predicted molar refractivity (Wildman–Crippen MR) is 335 cm³/mol. The Bertz CT molecular complexity index is 4920. The quantitative estimate of drug-likeness (QED) is 0.165. The molecule has 12 aromatic carbocycles. The highest BCUT2D eigenvalue weighted by Crippen LogP contribution is 2.52. The van der Waals surface area contributed by atoms with Gasteiger partial charge in [-0.1, -0.05) is 175 Å². The first-order chi connectivity index (χ1) is 38.9. The van der Waals surface area contributed by atoms with Crippen LogP contribution in [0.3, 0.4) is 0 Å². The average molecular weight is 1040 g/mol. The molecule has 6 nitrogen and oxygen atoms in total. The molecule has 6 heteroatoms. The summed E-state index contributed by atoms with van der Waals surface area (Å²) in [7, 11) is 0. The monoisotopic (exact) mass is 1030 g/mol. The molecule has 0 spiro atoms. The number of anilines is 6. The molecule has 384 valence electrons. The summed E-state index contributed by atoms with van der Waals surface area (Å²) in [6, 6.07) is 78.3. The predicted octanol–water partition coefficient (Wildman–Crippen LogP) is 22.3. The van der Waals surface area contributed by atoms with Gasteiger partial charge in [0, 0.05) is 66.0 Å². The van der Waals surface area contributed by atoms with Gasteiger partial charge in [-0.3, -0.25) is 0 Å². The molecule has 16 aromatic rings. The lowest BCUT2D eigenvalue weighted by atomic mass is 9.83. The van der Waals surface area contributed by atoms with Crippen molar-refractivity contribution in [2.75, 3.05) is 9.80 Å². The minimum atomic E-state index is -0.185. The molecule has 4 aromatic heterocycles. The molecule has 0 radical (unpaired) electrons. The number of fused-ring (bicyclic) bond motifs is 15. The molecule has 0 aliphatic carbocycles. The third kappa shape index (κ3) is 6.98. The van der Waals surface area contributed by atoms with Gasteiger partial charge in [-0.2, -0.15) is 0 Å². The van der Waals surface area contributed by atoms with Gasteiger partial charge >= 0.3 is 0 Å². The molecular formula is C74H54N2O4. The summed E-state index contributed by atoms with van der Waals surface area (Å²) in [5.74, 6) is 0. The van der Waals surface area contributed by atoms with Crippen molar-refractivity contribution in [3.8, 4) is 0 Å². The van der Waals surface area contributed by atoms with Crippen molar-refractivity contribution in [2.45, 2.75) is 52.4 Å². The largest absolute Gasteiger partial charge is 0.456 e. The molecule has 16 rings (SSSR count). The second-order valence-corrected chi connectivity index (χ2v) is 23.6. The van der Waals surface area contributed by atoms with Crippen LogP contribution in [0.2, 0.25) is 0 Å². The van der Waals surface area contributed by atoms with Crippen molar-refractivity contribution < 1.29 is 17.7 Å². The molecule has 0 aliphatic rings. The van der Waals surface area contributed by atoms with E-state index in [4.69, 9.17) is 17.7 Å². The topological polar surface area (TPSA) is 59.0 Å². The van der Waals surface area contributed by atoms with Crippen molar-refractivity contribution >= 4 is 154 Å². The maximum atomic E-state index is 6.98. The SMILES string of the molecule is CC(C)(C)c1ccc2ccccc2c1N(c1ccc2c(c1)oc1cc3cc4c(cc3cc12)oc1cc(N(c2c(C(C)(C)C)ccc3ccccc23)c2cccc3c2oc2ccccc23)ccc14)c1cccc2c1oc1ccccc12. The molecule has 80 heavy (non-hydrogen) atoms. The van der Waals surface area contributed by atoms with Crippen LogP contribution in [0.25, 0.3) is 120 Å². The number of para-hydroxylation sites is 4. The Morgan fingerprint density at radius 3 is 1.07 bits per heavy atom. The first kappa shape index (κ1) is 46.3. The van der Waals surface area contributed by atoms with Crippen LogP contribution < -0.4 is 9.80 Å². The highest BCUT2D eigenvalue weighted by Gasteiger charge is 2.31. The summed E-state index contributed by atoms with van der Waals surface area (Å²) < 4.78 is 27.6. The summed E-state index contributed by atoms with van der Waals surface area (Å²) in [6.45, 7) is 13.7. The first-order valence-corrected chi connectivity index (χ1v) is 27.6. The summed E-state index contributed by atoms with van der Waals surface area (Å²) in [5, 5.41) is 15.3. The lowest BCUT2D eigenvalue weighted by Crippen LogP contribution is -2.19. The van der Waals surface area contributed by atoms with Crippen LogP contribution in [0.4, 0.5) is 34.1 Å². The maximum absolute atomic E-state index is 6.98. The van der Waals surface area contributed by atoms with Crippen LogP contribution >= 0.6 is 0 Å². The Hall–Kier alpha value is -9.78. The molecule has 0 saturated carbocycles. The van der Waals surface area contributed by atoms with Crippen LogP contribution in [0, 0.1) is 0 Å². The summed E-state index contributed by atoms with van der Waals surface area (Å²) in [6.07, 6.45) is 0. The van der Waals surface area contributed by atoms with Gasteiger partial charge in [-0.05, 0) is 116 Å². The fraction of sp³-hybridized carbons (Fsp3) is 0.108. The average Bonchev–Trinajstić information content (AvgIpc) is 4.28. The first-order valence-electron chi connectivity index (χ1n) is 27.6. The number of benzene rings is 12. The molecule has 0 N–H and O–H groups in total. The number of furan rings is 4. The van der Waals surface area contributed by atoms with E-state index in [9.17, 15) is 0 Å². The third-order valence-corrected chi connectivity index (χ3v) is 16.6. The van der Waals surface area contributed by atoms with E-state index in [2.05, 4.69) is 258 Å². The van der Waals surface area contributed by atoms with Crippen molar-refractivity contribution in [3.63, 3.8) is 0 Å². The van der Waals surface area contributed by atoms with Gasteiger partial charge in [-0.15, -0.1) is 0 Å². The van der Waals surface area contributed by atoms with Gasteiger partial charge in [0.1, 0.15) is 33.5 Å². The standard InChI is InChI=1S/C74H54N2O4/c1-73(2,3)59-35-29-43-17-7-9-19-49(43)69(59)75(61-25-15-23-55-51-21-11-13-27-63(51)79-71(55)61)47-31-33-53-57-37-45-40-66-58(38-46(45)39-65(57)77-67(53)41-47)54-34-32-48(42-68(54)78-66)76(62-26-16-24-56-52-22-12-14-28-64(52)80-72(56)62)70-50-20-10-8-18-44(50)30-36-60(70)74(4,5)6/h7-42H,1-6H3. The van der Waals surface area contributed by atoms with Crippen LogP contribution in [-0.4, -0.2) is 0 Å². The second-order valence-electron chi connectivity index (χ2n) is 23.6. The molecule has 0 saturated heterocycles. The Balaban J connectivity index is 0.860. The van der Waals surface area contributed by atoms with Crippen LogP contribution in [0.1, 0.15) is 52.7 Å². The zero-order chi connectivity index (χ0) is 53.8. The molecular weight excluding hydrogens is 981 g/mol. The highest BCUT2D eigenvalue weighted by molar-refractivity contribution is 6.18. The Morgan fingerprint density at radius 1 is 0.263 bits per heavy atom. The summed E-state index contributed by atoms with van der Waals surface area (Å²) >= 11 is 0. The van der Waals surface area contributed by atoms with Gasteiger partial charge in [-0.25, -0.2) is 0 Å². The molecule has 0 amide bonds. The molecule has 0 aliphatic heterocycles. The normalized spacial score (nSPS) is 12.6. The second kappa shape index (κ2) is 16.9. The molecule has 0 fully saturated rings. The molecule has 0 atom stereocenters. The molecule has 0 unspecified atom stereocenters. The summed E-state index contributed by atoms with van der Waals surface area (Å²) in [5.41, 5.74) is 14.8. The van der Waals surface area contributed by atoms with Gasteiger partial charge < -0.3 is 27.5 Å². The minimum absolute atomic E-state index is 0.185. The van der Waals surface area contributed by atoms with E-state index in [1.807, 2.05) is 12.1 Å². The number of nitrogens with zero attached hydrogens (tertiary/aromatic N) is 2. The number of rotatable bonds is 6. The van der Waals surface area contributed by atoms with E-state index >= 15 is 0 Å². The van der Waals surface area contributed by atoms with Crippen molar-refractivity contribution in [1.29, 1.82) is 0 Å². The van der Waals surface area contributed by atoms with Crippen LogP contribution in [0.15, 0.2) is 236 Å². The van der Waals surface area contributed by atoms with Gasteiger partial charge in [0.05, 0.1) is 34.1 Å². The summed E-state index contributed by atoms with van der Waals surface area (Å²) in [4.78, 5) is 4.79. The Morgan fingerprint density at radius 2 is 0.637 bits per heavy atom. The van der Waals surface area contributed by atoms with E-state index in [0.29, 0.717) is 0 Å². The van der Waals surface area contributed by atoms with Gasteiger partial charge in [0.25, 0.3) is 0 Å². The van der Waals surface area contributed by atoms with Crippen molar-refractivity contribution in [2.24, 2.45) is 0 Å². The van der Waals surface area contributed by atoms with Crippen molar-refractivity contribution in [3.05, 3.63) is 230 Å². The fourth-order valence-corrected chi connectivity index (χ4v) is 12.8. The molecule has 0 bridgehead atoms. The van der Waals surface area contributed by atoms with Crippen LogP contribution in [-0.2, 0) is 10.8 Å². The lowest BCUT2D eigenvalue weighted by Gasteiger charge is -2.33. The zero-order valence-electron chi connectivity index (χ0n) is 45.3. The highest BCUT2D eigenvalue weighted by atomic mass is 16.3. The van der Waals surface area contributed by atoms with E-state index in [-0.39, 0.29) is 10.8 Å².